The third-order valence-electron chi connectivity index (χ3n) is 2.71. The third kappa shape index (κ3) is 1.71. The fraction of sp³-hybridized carbons (Fsp3) is 0.0769. The summed E-state index contributed by atoms with van der Waals surface area (Å²) in [4.78, 5) is 0. The second-order valence-corrected chi connectivity index (χ2v) is 3.49. The normalized spacial score (nSPS) is 10.9. The minimum Gasteiger partial charge on any atom is -0.0801 e. The first kappa shape index (κ1) is 10.1. The molecule has 1 aliphatic rings. The molecule has 0 heterocycles. The molecule has 0 fully saturated rings. The highest BCUT2D eigenvalue weighted by atomic mass is 31.0. The molecule has 0 spiro atoms. The average molecular weight is 215 g/mol. The van der Waals surface area contributed by atoms with Crippen molar-refractivity contribution in [2.75, 3.05) is 0 Å². The molecule has 0 amide bonds. The van der Waals surface area contributed by atoms with E-state index in [-0.39, 0.29) is 0 Å². The molecule has 2 heteroatoms. The van der Waals surface area contributed by atoms with Gasteiger partial charge in [0.05, 0.1) is 0 Å². The molecule has 15 heavy (non-hydrogen) atoms. The van der Waals surface area contributed by atoms with Crippen LogP contribution in [0.15, 0.2) is 48.5 Å². The maximum Gasteiger partial charge on any atom is 0.310 e. The first-order chi connectivity index (χ1) is 7.45. The Morgan fingerprint density at radius 1 is 0.733 bits per heavy atom. The summed E-state index contributed by atoms with van der Waals surface area (Å²) >= 11 is 0. The summed E-state index contributed by atoms with van der Waals surface area (Å²) in [5.74, 6) is 0. The molecule has 0 aliphatic heterocycles. The molecular formula is C13H12OP+. The largest absolute Gasteiger partial charge is 0.310 e. The second kappa shape index (κ2) is 4.37. The van der Waals surface area contributed by atoms with Gasteiger partial charge in [-0.15, -0.1) is 0 Å². The Bertz CT molecular complexity index is 436. The number of fused-ring (bicyclic) bond motifs is 3. The fourth-order valence-corrected chi connectivity index (χ4v) is 2.08. The van der Waals surface area contributed by atoms with Gasteiger partial charge in [0.15, 0.2) is 0 Å². The lowest BCUT2D eigenvalue weighted by Gasteiger charge is -1.98. The minimum atomic E-state index is 1.10. The molecule has 1 atom stereocenters. The lowest BCUT2D eigenvalue weighted by Crippen LogP contribution is -1.77. The summed E-state index contributed by atoms with van der Waals surface area (Å²) in [6.45, 7) is 0. The van der Waals surface area contributed by atoms with E-state index in [9.17, 15) is 0 Å². The van der Waals surface area contributed by atoms with E-state index in [0.717, 1.165) is 6.42 Å². The zero-order valence-corrected chi connectivity index (χ0v) is 9.47. The molecular weight excluding hydrogens is 203 g/mol. The van der Waals surface area contributed by atoms with Gasteiger partial charge < -0.3 is 0 Å². The van der Waals surface area contributed by atoms with E-state index in [4.69, 9.17) is 4.57 Å². The smallest absolute Gasteiger partial charge is 0.0801 e. The Kier molecular flexibility index (Phi) is 2.94. The lowest BCUT2D eigenvalue weighted by molar-refractivity contribution is 0.607. The summed E-state index contributed by atoms with van der Waals surface area (Å²) in [6, 6.07) is 17.3. The van der Waals surface area contributed by atoms with E-state index in [0.29, 0.717) is 0 Å². The van der Waals surface area contributed by atoms with Gasteiger partial charge in [0.1, 0.15) is 0 Å². The van der Waals surface area contributed by atoms with Crippen molar-refractivity contribution in [3.63, 3.8) is 0 Å². The van der Waals surface area contributed by atoms with Crippen LogP contribution in [0.25, 0.3) is 11.1 Å². The van der Waals surface area contributed by atoms with Crippen LogP contribution in [0.2, 0.25) is 0 Å². The summed E-state index contributed by atoms with van der Waals surface area (Å²) < 4.78 is 8.17. The first-order valence-corrected chi connectivity index (χ1v) is 5.32. The van der Waals surface area contributed by atoms with Crippen molar-refractivity contribution in [1.82, 2.24) is 0 Å². The molecule has 0 N–H and O–H groups in total. The van der Waals surface area contributed by atoms with Crippen LogP contribution in [-0.2, 0) is 11.0 Å². The Balaban J connectivity index is 0.000000404. The molecule has 2 aromatic rings. The van der Waals surface area contributed by atoms with Crippen molar-refractivity contribution in [3.05, 3.63) is 59.7 Å². The number of rotatable bonds is 0. The molecule has 1 nitrogen and oxygen atoms in total. The van der Waals surface area contributed by atoms with Crippen molar-refractivity contribution in [1.29, 1.82) is 0 Å². The molecule has 0 saturated carbocycles. The van der Waals surface area contributed by atoms with Crippen LogP contribution in [0, 0.1) is 0 Å². The van der Waals surface area contributed by atoms with Crippen LogP contribution in [0.5, 0.6) is 0 Å². The molecule has 1 unspecified atom stereocenters. The molecule has 0 aromatic heterocycles. The van der Waals surface area contributed by atoms with Crippen molar-refractivity contribution in [3.8, 4) is 11.1 Å². The number of benzene rings is 2. The fourth-order valence-electron chi connectivity index (χ4n) is 2.08. The SMILES string of the molecule is O=[PH2+].c1ccc2c(c1)Cc1ccccc1-2. The Morgan fingerprint density at radius 2 is 1.13 bits per heavy atom. The van der Waals surface area contributed by atoms with E-state index in [1.54, 1.807) is 0 Å². The average Bonchev–Trinajstić information content (AvgIpc) is 2.70. The van der Waals surface area contributed by atoms with E-state index in [2.05, 4.69) is 48.5 Å². The van der Waals surface area contributed by atoms with Crippen LogP contribution >= 0.6 is 9.12 Å². The van der Waals surface area contributed by atoms with E-state index >= 15 is 0 Å². The van der Waals surface area contributed by atoms with Gasteiger partial charge in [0, 0.05) is 0 Å². The highest BCUT2D eigenvalue weighted by Gasteiger charge is 2.15. The van der Waals surface area contributed by atoms with Gasteiger partial charge in [0.2, 0.25) is 0 Å². The van der Waals surface area contributed by atoms with Crippen molar-refractivity contribution in [2.45, 2.75) is 6.42 Å². The third-order valence-corrected chi connectivity index (χ3v) is 2.71. The predicted molar refractivity (Wildman–Crippen MR) is 65.1 cm³/mol. The van der Waals surface area contributed by atoms with Crippen molar-refractivity contribution >= 4 is 9.12 Å². The molecule has 0 radical (unpaired) electrons. The Labute approximate surface area is 91.4 Å². The summed E-state index contributed by atoms with van der Waals surface area (Å²) in [6.07, 6.45) is 1.10. The van der Waals surface area contributed by atoms with Gasteiger partial charge in [0.25, 0.3) is 0 Å². The van der Waals surface area contributed by atoms with Gasteiger partial charge in [-0.1, -0.05) is 53.1 Å². The standard InChI is InChI=1S/C13H10.H2OP/c1-3-7-12-10(5-1)9-11-6-2-4-8-13(11)12;1-2/h1-8H,9H2;2H2/q;+1. The van der Waals surface area contributed by atoms with Gasteiger partial charge in [-0.25, -0.2) is 0 Å². The Morgan fingerprint density at radius 3 is 1.60 bits per heavy atom. The quantitative estimate of drug-likeness (QED) is 0.525. The van der Waals surface area contributed by atoms with Crippen LogP contribution in [0.1, 0.15) is 11.1 Å². The van der Waals surface area contributed by atoms with E-state index in [1.807, 2.05) is 0 Å². The van der Waals surface area contributed by atoms with E-state index < -0.39 is 0 Å². The van der Waals surface area contributed by atoms with Gasteiger partial charge in [-0.2, -0.15) is 0 Å². The zero-order valence-electron chi connectivity index (χ0n) is 8.31. The summed E-state index contributed by atoms with van der Waals surface area (Å²) in [5.41, 5.74) is 5.75. The lowest BCUT2D eigenvalue weighted by atomic mass is 10.1. The van der Waals surface area contributed by atoms with Gasteiger partial charge in [-0.05, 0) is 28.7 Å². The Hall–Kier alpha value is -1.46. The summed E-state index contributed by atoms with van der Waals surface area (Å²) in [5, 5.41) is 0. The first-order valence-electron chi connectivity index (χ1n) is 4.85. The second-order valence-electron chi connectivity index (χ2n) is 3.49. The minimum absolute atomic E-state index is 1.10. The monoisotopic (exact) mass is 215 g/mol. The van der Waals surface area contributed by atoms with Crippen LogP contribution < -0.4 is 0 Å². The van der Waals surface area contributed by atoms with Crippen LogP contribution in [0.3, 0.4) is 0 Å². The molecule has 1 aliphatic carbocycles. The van der Waals surface area contributed by atoms with Crippen molar-refractivity contribution < 1.29 is 4.57 Å². The van der Waals surface area contributed by atoms with Gasteiger partial charge >= 0.3 is 9.12 Å². The number of hydrogen-bond acceptors (Lipinski definition) is 1. The maximum absolute atomic E-state index is 8.17. The maximum atomic E-state index is 8.17. The summed E-state index contributed by atoms with van der Waals surface area (Å²) in [7, 11) is 1.17. The molecule has 2 aromatic carbocycles. The van der Waals surface area contributed by atoms with Crippen LogP contribution in [-0.4, -0.2) is 0 Å². The molecule has 3 rings (SSSR count). The molecule has 0 saturated heterocycles. The molecule has 0 bridgehead atoms. The number of hydrogen-bond donors (Lipinski definition) is 0. The molecule has 74 valence electrons. The predicted octanol–water partition coefficient (Wildman–Crippen LogP) is 3.46. The highest BCUT2D eigenvalue weighted by molar-refractivity contribution is 7.00. The van der Waals surface area contributed by atoms with Gasteiger partial charge in [-0.3, -0.25) is 0 Å². The van der Waals surface area contributed by atoms with E-state index in [1.165, 1.54) is 31.4 Å². The zero-order chi connectivity index (χ0) is 10.7. The van der Waals surface area contributed by atoms with Crippen molar-refractivity contribution in [2.24, 2.45) is 0 Å². The van der Waals surface area contributed by atoms with Crippen LogP contribution in [0.4, 0.5) is 0 Å². The topological polar surface area (TPSA) is 17.1 Å². The highest BCUT2D eigenvalue weighted by Crippen LogP contribution is 2.35.